The predicted octanol–water partition coefficient (Wildman–Crippen LogP) is 2.83. The fourth-order valence-electron chi connectivity index (χ4n) is 2.99. The van der Waals surface area contributed by atoms with Crippen molar-refractivity contribution in [3.05, 3.63) is 29.8 Å². The van der Waals surface area contributed by atoms with Gasteiger partial charge in [0.2, 0.25) is 0 Å². The highest BCUT2D eigenvalue weighted by Gasteiger charge is 2.36. The first-order valence-electron chi connectivity index (χ1n) is 7.37. The summed E-state index contributed by atoms with van der Waals surface area (Å²) < 4.78 is 5.65. The lowest BCUT2D eigenvalue weighted by Gasteiger charge is -2.37. The Hall–Kier alpha value is -1.06. The number of hydrogen-bond donors (Lipinski definition) is 2. The fourth-order valence-corrected chi connectivity index (χ4v) is 2.99. The molecule has 0 unspecified atom stereocenters. The van der Waals surface area contributed by atoms with Gasteiger partial charge in [0.15, 0.2) is 0 Å². The Labute approximate surface area is 116 Å². The monoisotopic (exact) mass is 263 g/mol. The van der Waals surface area contributed by atoms with Crippen LogP contribution in [0.25, 0.3) is 0 Å². The zero-order valence-corrected chi connectivity index (χ0v) is 12.0. The first-order chi connectivity index (χ1) is 9.19. The third-order valence-electron chi connectivity index (χ3n) is 3.99. The van der Waals surface area contributed by atoms with Crippen molar-refractivity contribution in [1.29, 1.82) is 0 Å². The molecule has 2 rings (SSSR count). The largest absolute Gasteiger partial charge is 0.493 e. The van der Waals surface area contributed by atoms with Crippen molar-refractivity contribution in [2.24, 2.45) is 0 Å². The van der Waals surface area contributed by atoms with Gasteiger partial charge in [-0.25, -0.2) is 0 Å². The van der Waals surface area contributed by atoms with Gasteiger partial charge in [0.1, 0.15) is 5.75 Å². The molecular weight excluding hydrogens is 238 g/mol. The molecule has 1 aliphatic carbocycles. The number of aliphatic hydroxyl groups is 1. The van der Waals surface area contributed by atoms with E-state index in [-0.39, 0.29) is 0 Å². The zero-order valence-electron chi connectivity index (χ0n) is 12.0. The highest BCUT2D eigenvalue weighted by Crippen LogP contribution is 2.41. The molecule has 0 aliphatic heterocycles. The summed E-state index contributed by atoms with van der Waals surface area (Å²) in [5, 5.41) is 14.4. The highest BCUT2D eigenvalue weighted by atomic mass is 16.5. The molecule has 3 nitrogen and oxygen atoms in total. The molecule has 2 N–H and O–H groups in total. The van der Waals surface area contributed by atoms with Crippen LogP contribution in [0.15, 0.2) is 24.3 Å². The summed E-state index contributed by atoms with van der Waals surface area (Å²) in [5.41, 5.74) is 0.226. The normalized spacial score (nSPS) is 27.2. The Morgan fingerprint density at radius 2 is 1.95 bits per heavy atom. The second-order valence-electron chi connectivity index (χ2n) is 5.29. The van der Waals surface area contributed by atoms with Gasteiger partial charge in [0.05, 0.1) is 12.2 Å². The van der Waals surface area contributed by atoms with Gasteiger partial charge in [-0.1, -0.05) is 25.1 Å². The van der Waals surface area contributed by atoms with E-state index in [1.807, 2.05) is 31.2 Å². The van der Waals surface area contributed by atoms with Crippen LogP contribution < -0.4 is 10.1 Å². The Morgan fingerprint density at radius 1 is 1.26 bits per heavy atom. The number of nitrogens with one attached hydrogen (secondary N) is 1. The third kappa shape index (κ3) is 3.28. The van der Waals surface area contributed by atoms with E-state index in [1.165, 1.54) is 0 Å². The Balaban J connectivity index is 2.13. The molecule has 0 heterocycles. The maximum atomic E-state index is 10.9. The minimum absolute atomic E-state index is 0.546. The van der Waals surface area contributed by atoms with E-state index in [0.717, 1.165) is 43.5 Å². The van der Waals surface area contributed by atoms with Crippen LogP contribution in [0, 0.1) is 0 Å². The lowest BCUT2D eigenvalue weighted by Crippen LogP contribution is -2.39. The topological polar surface area (TPSA) is 41.5 Å². The van der Waals surface area contributed by atoms with E-state index in [4.69, 9.17) is 4.74 Å². The first-order valence-corrected chi connectivity index (χ1v) is 7.37. The highest BCUT2D eigenvalue weighted by molar-refractivity contribution is 5.38. The second kappa shape index (κ2) is 6.40. The molecule has 0 atom stereocenters. The van der Waals surface area contributed by atoms with Crippen molar-refractivity contribution in [2.75, 3.05) is 13.2 Å². The molecule has 1 saturated carbocycles. The SMILES string of the molecule is CCNC1CCC(O)(c2ccccc2OCC)CC1. The lowest BCUT2D eigenvalue weighted by molar-refractivity contribution is -0.0103. The number of para-hydroxylation sites is 1. The van der Waals surface area contributed by atoms with E-state index >= 15 is 0 Å². The van der Waals surface area contributed by atoms with Crippen molar-refractivity contribution in [3.8, 4) is 5.75 Å². The quantitative estimate of drug-likeness (QED) is 0.858. The molecule has 1 aromatic carbocycles. The van der Waals surface area contributed by atoms with Gasteiger partial charge >= 0.3 is 0 Å². The van der Waals surface area contributed by atoms with Gasteiger partial charge in [0, 0.05) is 11.6 Å². The van der Waals surface area contributed by atoms with Gasteiger partial charge in [-0.15, -0.1) is 0 Å². The van der Waals surface area contributed by atoms with E-state index in [9.17, 15) is 5.11 Å². The Kier molecular flexibility index (Phi) is 4.83. The summed E-state index contributed by atoms with van der Waals surface area (Å²) in [6, 6.07) is 8.43. The van der Waals surface area contributed by atoms with Crippen molar-refractivity contribution in [2.45, 2.75) is 51.2 Å². The third-order valence-corrected chi connectivity index (χ3v) is 3.99. The molecule has 19 heavy (non-hydrogen) atoms. The van der Waals surface area contributed by atoms with Crippen LogP contribution in [-0.4, -0.2) is 24.3 Å². The molecule has 1 aromatic rings. The average Bonchev–Trinajstić information content (AvgIpc) is 2.43. The summed E-state index contributed by atoms with van der Waals surface area (Å²) >= 11 is 0. The molecule has 0 spiro atoms. The molecule has 0 bridgehead atoms. The molecule has 0 amide bonds. The van der Waals surface area contributed by atoms with Crippen molar-refractivity contribution in [3.63, 3.8) is 0 Å². The van der Waals surface area contributed by atoms with E-state index in [0.29, 0.717) is 12.6 Å². The minimum Gasteiger partial charge on any atom is -0.493 e. The molecule has 1 aliphatic rings. The van der Waals surface area contributed by atoms with Crippen LogP contribution >= 0.6 is 0 Å². The summed E-state index contributed by atoms with van der Waals surface area (Å²) in [6.07, 6.45) is 3.64. The number of benzene rings is 1. The van der Waals surface area contributed by atoms with Crippen LogP contribution in [0.5, 0.6) is 5.75 Å². The van der Waals surface area contributed by atoms with Crippen LogP contribution in [0.2, 0.25) is 0 Å². The Morgan fingerprint density at radius 3 is 2.58 bits per heavy atom. The second-order valence-corrected chi connectivity index (χ2v) is 5.29. The smallest absolute Gasteiger partial charge is 0.125 e. The maximum absolute atomic E-state index is 10.9. The fraction of sp³-hybridized carbons (Fsp3) is 0.625. The van der Waals surface area contributed by atoms with Crippen molar-refractivity contribution >= 4 is 0 Å². The maximum Gasteiger partial charge on any atom is 0.125 e. The van der Waals surface area contributed by atoms with E-state index in [2.05, 4.69) is 12.2 Å². The zero-order chi connectivity index (χ0) is 13.7. The Bertz CT molecular complexity index is 397. The minimum atomic E-state index is -0.725. The van der Waals surface area contributed by atoms with Crippen LogP contribution in [0.1, 0.15) is 45.1 Å². The summed E-state index contributed by atoms with van der Waals surface area (Å²) in [7, 11) is 0. The molecular formula is C16H25NO2. The van der Waals surface area contributed by atoms with Gasteiger partial charge in [-0.3, -0.25) is 0 Å². The average molecular weight is 263 g/mol. The van der Waals surface area contributed by atoms with Crippen molar-refractivity contribution < 1.29 is 9.84 Å². The summed E-state index contributed by atoms with van der Waals surface area (Å²) in [5.74, 6) is 0.828. The lowest BCUT2D eigenvalue weighted by atomic mass is 9.77. The molecule has 3 heteroatoms. The molecule has 0 radical (unpaired) electrons. The standard InChI is InChI=1S/C16H25NO2/c1-3-17-13-9-11-16(18,12-10-13)14-7-5-6-8-15(14)19-4-2/h5-8,13,17-18H,3-4,9-12H2,1-2H3. The van der Waals surface area contributed by atoms with E-state index in [1.54, 1.807) is 0 Å². The van der Waals surface area contributed by atoms with Gasteiger partial charge < -0.3 is 15.2 Å². The molecule has 0 aromatic heterocycles. The predicted molar refractivity (Wildman–Crippen MR) is 77.4 cm³/mol. The summed E-state index contributed by atoms with van der Waals surface area (Å²) in [6.45, 7) is 5.74. The molecule has 106 valence electrons. The summed E-state index contributed by atoms with van der Waals surface area (Å²) in [4.78, 5) is 0. The number of hydrogen-bond acceptors (Lipinski definition) is 3. The molecule has 1 fully saturated rings. The van der Waals surface area contributed by atoms with Crippen molar-refractivity contribution in [1.82, 2.24) is 5.32 Å². The van der Waals surface area contributed by atoms with Crippen LogP contribution in [0.3, 0.4) is 0 Å². The molecule has 0 saturated heterocycles. The number of rotatable bonds is 5. The first kappa shape index (κ1) is 14.4. The van der Waals surface area contributed by atoms with E-state index < -0.39 is 5.60 Å². The van der Waals surface area contributed by atoms with Gasteiger partial charge in [-0.05, 0) is 45.2 Å². The number of ether oxygens (including phenoxy) is 1. The van der Waals surface area contributed by atoms with Gasteiger partial charge in [0.25, 0.3) is 0 Å². The van der Waals surface area contributed by atoms with Crippen LogP contribution in [-0.2, 0) is 5.60 Å². The van der Waals surface area contributed by atoms with Crippen LogP contribution in [0.4, 0.5) is 0 Å². The van der Waals surface area contributed by atoms with Gasteiger partial charge in [-0.2, -0.15) is 0 Å².